The number of fused-ring (bicyclic) bond motifs is 1. The number of hydrogen-bond acceptors (Lipinski definition) is 7. The van der Waals surface area contributed by atoms with Crippen LogP contribution in [0.4, 0.5) is 5.95 Å². The fraction of sp³-hybridized carbons (Fsp3) is 0.586. The molecule has 3 heterocycles. The second-order valence-corrected chi connectivity index (χ2v) is 10.9. The molecule has 1 aliphatic carbocycles. The highest BCUT2D eigenvalue weighted by molar-refractivity contribution is 5.94. The van der Waals surface area contributed by atoms with Gasteiger partial charge in [0.1, 0.15) is 5.65 Å². The molecular formula is C29H42N6O2. The van der Waals surface area contributed by atoms with Crippen LogP contribution in [0.1, 0.15) is 44.1 Å². The normalized spacial score (nSPS) is 21.5. The molecule has 2 fully saturated rings. The van der Waals surface area contributed by atoms with Crippen molar-refractivity contribution in [1.82, 2.24) is 24.3 Å². The molecule has 0 radical (unpaired) electrons. The van der Waals surface area contributed by atoms with Crippen molar-refractivity contribution in [1.29, 1.82) is 0 Å². The van der Waals surface area contributed by atoms with E-state index in [2.05, 4.69) is 62.2 Å². The number of unbranched alkanes of at least 4 members (excludes halogenated alkanes) is 1. The Balaban J connectivity index is 1.37. The van der Waals surface area contributed by atoms with Gasteiger partial charge in [0.25, 0.3) is 0 Å². The van der Waals surface area contributed by atoms with Crippen molar-refractivity contribution in [2.45, 2.75) is 57.7 Å². The lowest BCUT2D eigenvalue weighted by Crippen LogP contribution is -2.43. The van der Waals surface area contributed by atoms with Crippen LogP contribution in [0.15, 0.2) is 36.7 Å². The molecule has 0 amide bonds. The molecule has 3 N–H and O–H groups in total. The zero-order valence-electron chi connectivity index (χ0n) is 22.1. The van der Waals surface area contributed by atoms with E-state index in [0.29, 0.717) is 11.9 Å². The van der Waals surface area contributed by atoms with E-state index in [0.717, 1.165) is 95.4 Å². The lowest BCUT2D eigenvalue weighted by molar-refractivity contribution is 0.104. The van der Waals surface area contributed by atoms with Crippen LogP contribution in [0.3, 0.4) is 0 Å². The molecule has 1 aromatic carbocycles. The van der Waals surface area contributed by atoms with Crippen LogP contribution in [0, 0.1) is 5.92 Å². The molecule has 37 heavy (non-hydrogen) atoms. The largest absolute Gasteiger partial charge is 0.396 e. The van der Waals surface area contributed by atoms with Crippen molar-refractivity contribution in [3.63, 3.8) is 0 Å². The highest BCUT2D eigenvalue weighted by Crippen LogP contribution is 2.33. The zero-order chi connectivity index (χ0) is 25.6. The second-order valence-electron chi connectivity index (χ2n) is 10.9. The summed E-state index contributed by atoms with van der Waals surface area (Å²) in [6, 6.07) is 9.00. The van der Waals surface area contributed by atoms with Crippen LogP contribution < -0.4 is 5.32 Å². The Morgan fingerprint density at radius 3 is 2.49 bits per heavy atom. The maximum absolute atomic E-state index is 9.96. The molecular weight excluding hydrogens is 464 g/mol. The van der Waals surface area contributed by atoms with Crippen LogP contribution in [-0.4, -0.2) is 87.0 Å². The van der Waals surface area contributed by atoms with E-state index < -0.39 is 0 Å². The molecule has 5 rings (SSSR count). The first-order chi connectivity index (χ1) is 18.1. The third-order valence-corrected chi connectivity index (χ3v) is 8.02. The van der Waals surface area contributed by atoms with Crippen molar-refractivity contribution in [2.24, 2.45) is 5.92 Å². The Morgan fingerprint density at radius 1 is 1.00 bits per heavy atom. The third-order valence-electron chi connectivity index (χ3n) is 8.02. The number of likely N-dealkylation sites (N-methyl/N-ethyl adjacent to an activating group) is 1. The van der Waals surface area contributed by atoms with Gasteiger partial charge in [0.2, 0.25) is 5.95 Å². The summed E-state index contributed by atoms with van der Waals surface area (Å²) in [6.45, 7) is 7.37. The van der Waals surface area contributed by atoms with E-state index in [1.54, 1.807) is 0 Å². The minimum Gasteiger partial charge on any atom is -0.396 e. The molecule has 8 heteroatoms. The lowest BCUT2D eigenvalue weighted by Gasteiger charge is -2.32. The molecule has 0 spiro atoms. The predicted molar refractivity (Wildman–Crippen MR) is 149 cm³/mol. The molecule has 0 unspecified atom stereocenters. The summed E-state index contributed by atoms with van der Waals surface area (Å²) in [7, 11) is 2.19. The van der Waals surface area contributed by atoms with Crippen molar-refractivity contribution in [3.8, 4) is 11.1 Å². The van der Waals surface area contributed by atoms with Crippen molar-refractivity contribution in [2.75, 3.05) is 51.7 Å². The number of aromatic nitrogens is 3. The molecule has 1 saturated heterocycles. The molecule has 8 nitrogen and oxygen atoms in total. The van der Waals surface area contributed by atoms with Crippen molar-refractivity contribution >= 4 is 17.0 Å². The number of anilines is 1. The van der Waals surface area contributed by atoms with Crippen LogP contribution in [0.25, 0.3) is 22.2 Å². The van der Waals surface area contributed by atoms with Gasteiger partial charge in [-0.15, -0.1) is 0 Å². The highest BCUT2D eigenvalue weighted by atomic mass is 16.3. The average Bonchev–Trinajstić information content (AvgIpc) is 3.27. The van der Waals surface area contributed by atoms with Gasteiger partial charge in [-0.25, -0.2) is 4.98 Å². The van der Waals surface area contributed by atoms with Gasteiger partial charge < -0.3 is 25.0 Å². The van der Waals surface area contributed by atoms with E-state index in [9.17, 15) is 5.11 Å². The lowest BCUT2D eigenvalue weighted by atomic mass is 9.87. The molecule has 1 aliphatic heterocycles. The van der Waals surface area contributed by atoms with E-state index in [1.807, 2.05) is 6.20 Å². The summed E-state index contributed by atoms with van der Waals surface area (Å²) in [5.74, 6) is 1.19. The van der Waals surface area contributed by atoms with Gasteiger partial charge in [0.05, 0.1) is 6.10 Å². The number of hydrogen-bond donors (Lipinski definition) is 3. The van der Waals surface area contributed by atoms with Crippen LogP contribution in [-0.2, 0) is 13.1 Å². The van der Waals surface area contributed by atoms with Gasteiger partial charge in [-0.2, -0.15) is 4.98 Å². The maximum Gasteiger partial charge on any atom is 0.224 e. The minimum atomic E-state index is -0.144. The van der Waals surface area contributed by atoms with E-state index >= 15 is 0 Å². The van der Waals surface area contributed by atoms with Crippen LogP contribution in [0.2, 0.25) is 0 Å². The van der Waals surface area contributed by atoms with Gasteiger partial charge >= 0.3 is 0 Å². The summed E-state index contributed by atoms with van der Waals surface area (Å²) in [5.41, 5.74) is 4.67. The molecule has 2 aromatic heterocycles. The zero-order valence-corrected chi connectivity index (χ0v) is 22.1. The molecule has 2 aliphatic rings. The minimum absolute atomic E-state index is 0.144. The molecule has 200 valence electrons. The molecule has 0 atom stereocenters. The summed E-state index contributed by atoms with van der Waals surface area (Å²) in [5, 5.41) is 23.4. The van der Waals surface area contributed by atoms with Gasteiger partial charge in [-0.05, 0) is 62.6 Å². The Hall–Kier alpha value is -2.52. The Bertz CT molecular complexity index is 1130. The van der Waals surface area contributed by atoms with Crippen LogP contribution >= 0.6 is 0 Å². The Morgan fingerprint density at radius 2 is 1.76 bits per heavy atom. The first-order valence-corrected chi connectivity index (χ1v) is 14.0. The number of benzene rings is 1. The Labute approximate surface area is 220 Å². The summed E-state index contributed by atoms with van der Waals surface area (Å²) >= 11 is 0. The summed E-state index contributed by atoms with van der Waals surface area (Å²) in [4.78, 5) is 14.5. The van der Waals surface area contributed by atoms with E-state index in [-0.39, 0.29) is 12.7 Å². The predicted octanol–water partition coefficient (Wildman–Crippen LogP) is 3.58. The number of nitrogens with one attached hydrogen (secondary N) is 1. The maximum atomic E-state index is 9.96. The monoisotopic (exact) mass is 506 g/mol. The molecule has 1 saturated carbocycles. The van der Waals surface area contributed by atoms with Gasteiger partial charge in [0.15, 0.2) is 0 Å². The third kappa shape index (κ3) is 6.68. The first-order valence-electron chi connectivity index (χ1n) is 14.0. The number of aliphatic hydroxyl groups is 2. The number of aliphatic hydroxyl groups excluding tert-OH is 2. The van der Waals surface area contributed by atoms with E-state index in [1.165, 1.54) is 16.7 Å². The second kappa shape index (κ2) is 12.3. The number of rotatable bonds is 10. The van der Waals surface area contributed by atoms with Gasteiger partial charge in [0, 0.05) is 75.8 Å². The van der Waals surface area contributed by atoms with Crippen molar-refractivity contribution in [3.05, 3.63) is 42.2 Å². The van der Waals surface area contributed by atoms with Crippen LogP contribution in [0.5, 0.6) is 0 Å². The smallest absolute Gasteiger partial charge is 0.224 e. The molecule has 0 bridgehead atoms. The summed E-state index contributed by atoms with van der Waals surface area (Å²) in [6.07, 6.45) is 9.58. The van der Waals surface area contributed by atoms with Crippen molar-refractivity contribution < 1.29 is 10.2 Å². The molecule has 3 aromatic rings. The average molecular weight is 507 g/mol. The number of nitrogens with zero attached hydrogens (tertiary/aromatic N) is 5. The quantitative estimate of drug-likeness (QED) is 0.362. The fourth-order valence-corrected chi connectivity index (χ4v) is 5.62. The topological polar surface area (TPSA) is 89.7 Å². The van der Waals surface area contributed by atoms with Gasteiger partial charge in [-0.1, -0.05) is 24.3 Å². The fourth-order valence-electron chi connectivity index (χ4n) is 5.62. The SMILES string of the molecule is CN1CCN(Cc2ccc(-c3cn(CC4CCC(O)CC4)c4nc(NCCCCO)ncc34)cc2)CC1. The Kier molecular flexibility index (Phi) is 8.71. The number of piperazine rings is 1. The van der Waals surface area contributed by atoms with E-state index in [4.69, 9.17) is 10.1 Å². The standard InChI is InChI=1S/C29H42N6O2/c1-33-13-15-34(16-14-33)19-22-4-8-24(9-5-22)27-21-35(20-23-6-10-25(37)11-7-23)28-26(27)18-31-29(32-28)30-12-2-3-17-36/h4-5,8-9,18,21,23,25,36-37H,2-3,6-7,10-17,19-20H2,1H3,(H,30,31,32). The first kappa shape index (κ1) is 26.1. The highest BCUT2D eigenvalue weighted by Gasteiger charge is 2.22. The van der Waals surface area contributed by atoms with Gasteiger partial charge in [-0.3, -0.25) is 4.90 Å². The summed E-state index contributed by atoms with van der Waals surface area (Å²) < 4.78 is 2.30.